The Bertz CT molecular complexity index is 238. The summed E-state index contributed by atoms with van der Waals surface area (Å²) < 4.78 is 0. The number of carbonyl (C=O) groups is 2. The van der Waals surface area contributed by atoms with Gasteiger partial charge in [0.25, 0.3) is 5.91 Å². The van der Waals surface area contributed by atoms with Gasteiger partial charge in [0.15, 0.2) is 0 Å². The number of hydrogen-bond acceptors (Lipinski definition) is 4. The third kappa shape index (κ3) is 4.74. The van der Waals surface area contributed by atoms with Gasteiger partial charge in [-0.15, -0.1) is 0 Å². The molecule has 1 atom stereocenters. The lowest BCUT2D eigenvalue weighted by Crippen LogP contribution is -2.43. The molecule has 0 aliphatic heterocycles. The lowest BCUT2D eigenvalue weighted by Gasteiger charge is -2.10. The Kier molecular flexibility index (Phi) is 5.74. The van der Waals surface area contributed by atoms with Crippen molar-refractivity contribution in [2.75, 3.05) is 6.54 Å². The molecule has 0 spiro atoms. The van der Waals surface area contributed by atoms with Gasteiger partial charge in [0.1, 0.15) is 0 Å². The van der Waals surface area contributed by atoms with Crippen molar-refractivity contribution in [2.45, 2.75) is 25.8 Å². The van der Waals surface area contributed by atoms with Gasteiger partial charge in [0.05, 0.1) is 6.04 Å². The first-order valence-corrected chi connectivity index (χ1v) is 4.45. The number of hydrogen-bond donors (Lipinski definition) is 3. The van der Waals surface area contributed by atoms with Crippen LogP contribution in [0.3, 0.4) is 0 Å². The number of rotatable bonds is 5. The van der Waals surface area contributed by atoms with Crippen LogP contribution in [0.25, 0.3) is 0 Å². The summed E-state index contributed by atoms with van der Waals surface area (Å²) in [7, 11) is 0. The summed E-state index contributed by atoms with van der Waals surface area (Å²) in [6, 6.07) is -0.679. The van der Waals surface area contributed by atoms with Crippen molar-refractivity contribution >= 4 is 11.8 Å². The molecule has 5 N–H and O–H groups in total. The van der Waals surface area contributed by atoms with Crippen LogP contribution in [0.5, 0.6) is 0 Å². The fourth-order valence-corrected chi connectivity index (χ4v) is 0.780. The molecule has 0 aliphatic rings. The van der Waals surface area contributed by atoms with Gasteiger partial charge in [0.2, 0.25) is 5.91 Å². The normalized spacial score (nSPS) is 11.9. The van der Waals surface area contributed by atoms with Crippen molar-refractivity contribution in [3.63, 3.8) is 0 Å². The third-order valence-corrected chi connectivity index (χ3v) is 1.68. The Morgan fingerprint density at radius 2 is 2.07 bits per heavy atom. The number of nitrogens with one attached hydrogen (secondary N) is 1. The van der Waals surface area contributed by atoms with E-state index in [0.29, 0.717) is 19.4 Å². The summed E-state index contributed by atoms with van der Waals surface area (Å²) in [5, 5.41) is 2.14. The van der Waals surface area contributed by atoms with Crippen LogP contribution in [0.15, 0.2) is 12.2 Å². The first kappa shape index (κ1) is 12.8. The van der Waals surface area contributed by atoms with E-state index in [9.17, 15) is 9.59 Å². The summed E-state index contributed by atoms with van der Waals surface area (Å²) in [5.74, 6) is -0.968. The van der Waals surface area contributed by atoms with Gasteiger partial charge in [-0.05, 0) is 26.3 Å². The van der Waals surface area contributed by atoms with E-state index in [1.54, 1.807) is 0 Å². The Hall–Kier alpha value is -1.20. The highest BCUT2D eigenvalue weighted by Gasteiger charge is 2.15. The fraction of sp³-hybridized carbons (Fsp3) is 0.556. The van der Waals surface area contributed by atoms with Crippen molar-refractivity contribution in [1.29, 1.82) is 0 Å². The molecule has 0 saturated carbocycles. The Balaban J connectivity index is 3.95. The number of amides is 2. The number of imide groups is 1. The zero-order chi connectivity index (χ0) is 11.1. The van der Waals surface area contributed by atoms with Crippen molar-refractivity contribution in [2.24, 2.45) is 11.5 Å². The summed E-state index contributed by atoms with van der Waals surface area (Å²) >= 11 is 0. The maximum Gasteiger partial charge on any atom is 0.252 e. The van der Waals surface area contributed by atoms with Gasteiger partial charge in [-0.25, -0.2) is 0 Å². The molecule has 14 heavy (non-hydrogen) atoms. The summed E-state index contributed by atoms with van der Waals surface area (Å²) in [6.45, 7) is 5.41. The van der Waals surface area contributed by atoms with Crippen LogP contribution in [0.4, 0.5) is 0 Å². The molecule has 5 nitrogen and oxygen atoms in total. The molecule has 0 aliphatic carbocycles. The maximum absolute atomic E-state index is 11.2. The molecule has 0 aromatic rings. The molecule has 0 aromatic heterocycles. The molecule has 0 heterocycles. The van der Waals surface area contributed by atoms with Gasteiger partial charge in [-0.2, -0.15) is 0 Å². The minimum atomic E-state index is -0.679. The first-order chi connectivity index (χ1) is 6.49. The summed E-state index contributed by atoms with van der Waals surface area (Å²) in [6.07, 6.45) is 1.14. The minimum absolute atomic E-state index is 0.282. The van der Waals surface area contributed by atoms with E-state index in [1.807, 2.05) is 0 Å². The molecule has 0 bridgehead atoms. The number of carbonyl (C=O) groups excluding carboxylic acids is 2. The van der Waals surface area contributed by atoms with Gasteiger partial charge < -0.3 is 11.5 Å². The Morgan fingerprint density at radius 3 is 2.50 bits per heavy atom. The monoisotopic (exact) mass is 199 g/mol. The average Bonchev–Trinajstić information content (AvgIpc) is 2.13. The van der Waals surface area contributed by atoms with E-state index < -0.39 is 17.9 Å². The van der Waals surface area contributed by atoms with Crippen LogP contribution in [-0.4, -0.2) is 24.4 Å². The van der Waals surface area contributed by atoms with Crippen molar-refractivity contribution in [3.8, 4) is 0 Å². The lowest BCUT2D eigenvalue weighted by atomic mass is 10.1. The predicted molar refractivity (Wildman–Crippen MR) is 54.2 cm³/mol. The zero-order valence-corrected chi connectivity index (χ0v) is 8.38. The molecule has 2 amide bonds. The van der Waals surface area contributed by atoms with Crippen molar-refractivity contribution in [1.82, 2.24) is 5.32 Å². The highest BCUT2D eigenvalue weighted by atomic mass is 16.2. The second-order valence-electron chi connectivity index (χ2n) is 3.14. The smallest absolute Gasteiger partial charge is 0.252 e. The lowest BCUT2D eigenvalue weighted by molar-refractivity contribution is -0.129. The van der Waals surface area contributed by atoms with Crippen LogP contribution in [-0.2, 0) is 9.59 Å². The second-order valence-corrected chi connectivity index (χ2v) is 3.14. The SMILES string of the molecule is C=C(C)C(=O)NC(=O)[C@@H](N)CCCN. The predicted octanol–water partition coefficient (Wildman–Crippen LogP) is -0.728. The van der Waals surface area contributed by atoms with Crippen LogP contribution in [0.1, 0.15) is 19.8 Å². The minimum Gasteiger partial charge on any atom is -0.330 e. The molecule has 5 heteroatoms. The standard InChI is InChI=1S/C9H17N3O2/c1-6(2)8(13)12-9(14)7(11)4-3-5-10/h7H,1,3-5,10-11H2,2H3,(H,12,13,14)/t7-/m0/s1. The van der Waals surface area contributed by atoms with Gasteiger partial charge >= 0.3 is 0 Å². The van der Waals surface area contributed by atoms with E-state index in [1.165, 1.54) is 6.92 Å². The maximum atomic E-state index is 11.2. The third-order valence-electron chi connectivity index (χ3n) is 1.68. The fourth-order valence-electron chi connectivity index (χ4n) is 0.780. The summed E-state index contributed by atoms with van der Waals surface area (Å²) in [4.78, 5) is 22.2. The second kappa shape index (κ2) is 6.28. The largest absolute Gasteiger partial charge is 0.330 e. The van der Waals surface area contributed by atoms with Crippen LogP contribution in [0.2, 0.25) is 0 Å². The first-order valence-electron chi connectivity index (χ1n) is 4.45. The molecular formula is C9H17N3O2. The van der Waals surface area contributed by atoms with Crippen LogP contribution >= 0.6 is 0 Å². The molecule has 0 saturated heterocycles. The van der Waals surface area contributed by atoms with Crippen LogP contribution in [0, 0.1) is 0 Å². The van der Waals surface area contributed by atoms with E-state index in [4.69, 9.17) is 11.5 Å². The molecule has 80 valence electrons. The molecule has 0 rings (SSSR count). The Morgan fingerprint density at radius 1 is 1.50 bits per heavy atom. The van der Waals surface area contributed by atoms with Crippen molar-refractivity contribution < 1.29 is 9.59 Å². The average molecular weight is 199 g/mol. The van der Waals surface area contributed by atoms with E-state index in [2.05, 4.69) is 11.9 Å². The molecule has 0 radical (unpaired) electrons. The molecule has 0 unspecified atom stereocenters. The van der Waals surface area contributed by atoms with Gasteiger partial charge in [-0.3, -0.25) is 14.9 Å². The number of nitrogens with two attached hydrogens (primary N) is 2. The van der Waals surface area contributed by atoms with Gasteiger partial charge in [-0.1, -0.05) is 6.58 Å². The molecule has 0 fully saturated rings. The molecular weight excluding hydrogens is 182 g/mol. The zero-order valence-electron chi connectivity index (χ0n) is 8.38. The highest BCUT2D eigenvalue weighted by molar-refractivity contribution is 6.04. The highest BCUT2D eigenvalue weighted by Crippen LogP contribution is 1.94. The van der Waals surface area contributed by atoms with Crippen molar-refractivity contribution in [3.05, 3.63) is 12.2 Å². The summed E-state index contributed by atoms with van der Waals surface area (Å²) in [5.41, 5.74) is 11.0. The quantitative estimate of drug-likeness (QED) is 0.508. The molecule has 0 aromatic carbocycles. The van der Waals surface area contributed by atoms with Gasteiger partial charge in [0, 0.05) is 5.57 Å². The van der Waals surface area contributed by atoms with E-state index in [0.717, 1.165) is 0 Å². The topological polar surface area (TPSA) is 98.2 Å². The van der Waals surface area contributed by atoms with Crippen LogP contribution < -0.4 is 16.8 Å². The van der Waals surface area contributed by atoms with E-state index >= 15 is 0 Å². The Labute approximate surface area is 83.5 Å². The van der Waals surface area contributed by atoms with E-state index in [-0.39, 0.29) is 5.57 Å².